The van der Waals surface area contributed by atoms with E-state index in [2.05, 4.69) is 27.7 Å². The van der Waals surface area contributed by atoms with Gasteiger partial charge in [0.1, 0.15) is 5.78 Å². The Kier molecular flexibility index (Phi) is 3.78. The number of carbonyl (C=O) groups excluding carboxylic acids is 1. The summed E-state index contributed by atoms with van der Waals surface area (Å²) in [7, 11) is 0. The van der Waals surface area contributed by atoms with Gasteiger partial charge in [0.05, 0.1) is 0 Å². The normalized spacial score (nSPS) is 44.5. The first kappa shape index (κ1) is 15.6. The number of rotatable bonds is 6. The maximum Gasteiger partial charge on any atom is 0.133 e. The molecule has 0 radical (unpaired) electrons. The average Bonchev–Trinajstić information content (AvgIpc) is 2.21. The smallest absolute Gasteiger partial charge is 0.133 e. The summed E-state index contributed by atoms with van der Waals surface area (Å²) >= 11 is 0. The van der Waals surface area contributed by atoms with Gasteiger partial charge in [0.25, 0.3) is 0 Å². The van der Waals surface area contributed by atoms with Gasteiger partial charge in [0, 0.05) is 12.8 Å². The average molecular weight is 290 g/mol. The van der Waals surface area contributed by atoms with E-state index < -0.39 is 0 Å². The zero-order chi connectivity index (χ0) is 15.3. The maximum atomic E-state index is 12.5. The van der Waals surface area contributed by atoms with E-state index in [1.165, 1.54) is 44.9 Å². The quantitative estimate of drug-likeness (QED) is 0.607. The highest BCUT2D eigenvalue weighted by atomic mass is 16.1. The van der Waals surface area contributed by atoms with Crippen molar-refractivity contribution in [3.63, 3.8) is 0 Å². The van der Waals surface area contributed by atoms with Gasteiger partial charge in [0.15, 0.2) is 0 Å². The zero-order valence-corrected chi connectivity index (χ0v) is 14.6. The Balaban J connectivity index is 1.63. The molecule has 0 saturated heterocycles. The minimum absolute atomic E-state index is 0.387. The minimum atomic E-state index is 0.387. The molecule has 0 heterocycles. The van der Waals surface area contributed by atoms with Gasteiger partial charge in [-0.15, -0.1) is 0 Å². The molecule has 1 nitrogen and oxygen atoms in total. The highest BCUT2D eigenvalue weighted by Gasteiger charge is 2.60. The first-order chi connectivity index (χ1) is 9.72. The molecular formula is C20H34O. The molecule has 4 aliphatic carbocycles. The Bertz CT molecular complexity index is 404. The molecule has 0 amide bonds. The number of ketones is 1. The lowest BCUT2D eigenvalue weighted by Gasteiger charge is -2.65. The van der Waals surface area contributed by atoms with E-state index in [-0.39, 0.29) is 0 Å². The fourth-order valence-corrected chi connectivity index (χ4v) is 7.10. The predicted molar refractivity (Wildman–Crippen MR) is 88.2 cm³/mol. The van der Waals surface area contributed by atoms with E-state index in [1.54, 1.807) is 0 Å². The Hall–Kier alpha value is -0.330. The third kappa shape index (κ3) is 3.22. The van der Waals surface area contributed by atoms with Gasteiger partial charge < -0.3 is 0 Å². The van der Waals surface area contributed by atoms with Gasteiger partial charge in [-0.3, -0.25) is 4.79 Å². The fraction of sp³-hybridized carbons (Fsp3) is 0.950. The molecule has 4 saturated carbocycles. The van der Waals surface area contributed by atoms with Crippen molar-refractivity contribution in [2.75, 3.05) is 0 Å². The van der Waals surface area contributed by atoms with Crippen LogP contribution in [0.25, 0.3) is 0 Å². The van der Waals surface area contributed by atoms with E-state index in [9.17, 15) is 4.79 Å². The van der Waals surface area contributed by atoms with Crippen LogP contribution >= 0.6 is 0 Å². The lowest BCUT2D eigenvalue weighted by molar-refractivity contribution is -0.155. The lowest BCUT2D eigenvalue weighted by atomic mass is 9.39. The molecule has 4 fully saturated rings. The molecular weight excluding hydrogens is 256 g/mol. The number of hydrogen-bond donors (Lipinski definition) is 0. The van der Waals surface area contributed by atoms with Crippen molar-refractivity contribution >= 4 is 5.78 Å². The van der Waals surface area contributed by atoms with Crippen LogP contribution < -0.4 is 0 Å². The zero-order valence-electron chi connectivity index (χ0n) is 14.6. The first-order valence-corrected chi connectivity index (χ1v) is 9.23. The van der Waals surface area contributed by atoms with Crippen LogP contribution in [-0.4, -0.2) is 5.78 Å². The Morgan fingerprint density at radius 2 is 1.67 bits per heavy atom. The number of carbonyl (C=O) groups is 1. The van der Waals surface area contributed by atoms with Crippen molar-refractivity contribution in [3.05, 3.63) is 0 Å². The molecule has 0 N–H and O–H groups in total. The molecule has 2 atom stereocenters. The van der Waals surface area contributed by atoms with Crippen LogP contribution in [0.2, 0.25) is 0 Å². The van der Waals surface area contributed by atoms with Gasteiger partial charge in [-0.25, -0.2) is 0 Å². The Labute approximate surface area is 131 Å². The van der Waals surface area contributed by atoms with Gasteiger partial charge in [-0.05, 0) is 73.0 Å². The molecule has 0 spiro atoms. The lowest BCUT2D eigenvalue weighted by Crippen LogP contribution is -2.55. The second kappa shape index (κ2) is 5.10. The highest BCUT2D eigenvalue weighted by molar-refractivity contribution is 5.79. The summed E-state index contributed by atoms with van der Waals surface area (Å²) in [5.41, 5.74) is 1.48. The third-order valence-electron chi connectivity index (χ3n) is 6.55. The molecule has 4 rings (SSSR count). The molecule has 0 aromatic heterocycles. The van der Waals surface area contributed by atoms with Crippen LogP contribution in [0.5, 0.6) is 0 Å². The summed E-state index contributed by atoms with van der Waals surface area (Å²) < 4.78 is 0. The second-order valence-electron chi connectivity index (χ2n) is 10.1. The molecule has 0 aromatic carbocycles. The highest BCUT2D eigenvalue weighted by Crippen LogP contribution is 2.70. The van der Waals surface area contributed by atoms with Crippen molar-refractivity contribution in [1.82, 2.24) is 0 Å². The van der Waals surface area contributed by atoms with Crippen molar-refractivity contribution in [2.45, 2.75) is 91.9 Å². The summed E-state index contributed by atoms with van der Waals surface area (Å²) in [6, 6.07) is 0. The van der Waals surface area contributed by atoms with E-state index in [1.807, 2.05) is 0 Å². The van der Waals surface area contributed by atoms with Crippen molar-refractivity contribution < 1.29 is 4.79 Å². The van der Waals surface area contributed by atoms with Crippen LogP contribution in [0.3, 0.4) is 0 Å². The number of Topliss-reactive ketones (excluding diaryl/α,β-unsaturated/α-hetero) is 1. The second-order valence-corrected chi connectivity index (χ2v) is 10.1. The largest absolute Gasteiger partial charge is 0.300 e. The molecule has 0 aromatic rings. The summed E-state index contributed by atoms with van der Waals surface area (Å²) in [6.07, 6.45) is 12.3. The Morgan fingerprint density at radius 1 is 1.05 bits per heavy atom. The van der Waals surface area contributed by atoms with Gasteiger partial charge in [-0.1, -0.05) is 34.1 Å². The molecule has 1 heteroatoms. The molecule has 2 unspecified atom stereocenters. The van der Waals surface area contributed by atoms with Crippen LogP contribution in [0, 0.1) is 28.1 Å². The molecule has 4 bridgehead atoms. The SMILES string of the molecule is CC(C)CCCC(=O)CC12CC3CC(C)(CC(C)(C3)C1)C2. The van der Waals surface area contributed by atoms with E-state index in [4.69, 9.17) is 0 Å². The summed E-state index contributed by atoms with van der Waals surface area (Å²) in [4.78, 5) is 12.5. The van der Waals surface area contributed by atoms with Crippen LogP contribution in [0.15, 0.2) is 0 Å². The van der Waals surface area contributed by atoms with E-state index in [0.29, 0.717) is 22.0 Å². The first-order valence-electron chi connectivity index (χ1n) is 9.23. The topological polar surface area (TPSA) is 17.1 Å². The summed E-state index contributed by atoms with van der Waals surface area (Å²) in [5.74, 6) is 2.21. The molecule has 4 aliphatic rings. The van der Waals surface area contributed by atoms with Crippen molar-refractivity contribution in [2.24, 2.45) is 28.1 Å². The fourth-order valence-electron chi connectivity index (χ4n) is 7.10. The number of hydrogen-bond acceptors (Lipinski definition) is 1. The van der Waals surface area contributed by atoms with Gasteiger partial charge in [-0.2, -0.15) is 0 Å². The standard InChI is InChI=1S/C20H34O/c1-15(2)6-5-7-17(21)11-20-10-16-8-18(3,13-20)12-19(4,9-16)14-20/h15-16H,5-14H2,1-4H3. The van der Waals surface area contributed by atoms with E-state index >= 15 is 0 Å². The van der Waals surface area contributed by atoms with Gasteiger partial charge in [0.2, 0.25) is 0 Å². The molecule has 21 heavy (non-hydrogen) atoms. The van der Waals surface area contributed by atoms with Crippen LogP contribution in [-0.2, 0) is 4.79 Å². The third-order valence-corrected chi connectivity index (χ3v) is 6.55. The van der Waals surface area contributed by atoms with Crippen LogP contribution in [0.4, 0.5) is 0 Å². The van der Waals surface area contributed by atoms with Crippen molar-refractivity contribution in [3.8, 4) is 0 Å². The maximum absolute atomic E-state index is 12.5. The predicted octanol–water partition coefficient (Wildman–Crippen LogP) is 5.77. The van der Waals surface area contributed by atoms with Gasteiger partial charge >= 0.3 is 0 Å². The van der Waals surface area contributed by atoms with Crippen LogP contribution in [0.1, 0.15) is 91.9 Å². The minimum Gasteiger partial charge on any atom is -0.300 e. The summed E-state index contributed by atoms with van der Waals surface area (Å²) in [6.45, 7) is 9.53. The van der Waals surface area contributed by atoms with E-state index in [0.717, 1.165) is 31.1 Å². The Morgan fingerprint density at radius 3 is 2.19 bits per heavy atom. The van der Waals surface area contributed by atoms with Crippen molar-refractivity contribution in [1.29, 1.82) is 0 Å². The monoisotopic (exact) mass is 290 g/mol. The summed E-state index contributed by atoms with van der Waals surface area (Å²) in [5, 5.41) is 0. The molecule has 120 valence electrons. The molecule has 0 aliphatic heterocycles.